The normalized spacial score (nSPS) is 14.3. The average molecular weight is 576 g/mol. The molecule has 1 heterocycles. The molecule has 0 spiro atoms. The Bertz CT molecular complexity index is 467. The van der Waals surface area contributed by atoms with Gasteiger partial charge in [0.25, 0.3) is 0 Å². The zero-order valence-corrected chi connectivity index (χ0v) is 26.1. The third-order valence-corrected chi connectivity index (χ3v) is 7.12. The van der Waals surface area contributed by atoms with E-state index in [0.29, 0.717) is 85.4 Å². The van der Waals surface area contributed by atoms with Crippen LogP contribution in [-0.4, -0.2) is 105 Å². The van der Waals surface area contributed by atoms with Crippen LogP contribution in [0.3, 0.4) is 0 Å². The van der Waals surface area contributed by atoms with E-state index < -0.39 is 0 Å². The van der Waals surface area contributed by atoms with Gasteiger partial charge in [-0.05, 0) is 32.4 Å². The predicted octanol–water partition coefficient (Wildman–Crippen LogP) is 5.95. The molecule has 0 aromatic heterocycles. The van der Waals surface area contributed by atoms with Gasteiger partial charge in [-0.25, -0.2) is 0 Å². The molecule has 0 atom stereocenters. The molecule has 8 nitrogen and oxygen atoms in total. The van der Waals surface area contributed by atoms with Crippen LogP contribution in [0.5, 0.6) is 0 Å². The maximum atomic E-state index is 5.80. The van der Waals surface area contributed by atoms with Gasteiger partial charge >= 0.3 is 0 Å². The SMILES string of the molecule is CCCCCCCCCCCCCCCOCCOCCOCCOCCOCCOCCOC1CCNCC1. The zero-order valence-electron chi connectivity index (χ0n) is 26.1. The van der Waals surface area contributed by atoms with Crippen LogP contribution < -0.4 is 5.32 Å². The summed E-state index contributed by atoms with van der Waals surface area (Å²) in [5.41, 5.74) is 0. The van der Waals surface area contributed by atoms with Crippen molar-refractivity contribution in [2.24, 2.45) is 0 Å². The summed E-state index contributed by atoms with van der Waals surface area (Å²) in [4.78, 5) is 0. The van der Waals surface area contributed by atoms with E-state index >= 15 is 0 Å². The lowest BCUT2D eigenvalue weighted by Crippen LogP contribution is -2.33. The Kier molecular flexibility index (Phi) is 31.3. The monoisotopic (exact) mass is 575 g/mol. The molecular formula is C32H65NO7. The molecule has 8 heteroatoms. The molecule has 1 aliphatic rings. The summed E-state index contributed by atoms with van der Waals surface area (Å²) in [6, 6.07) is 0. The molecule has 0 unspecified atom stereocenters. The zero-order chi connectivity index (χ0) is 28.4. The summed E-state index contributed by atoms with van der Waals surface area (Å²) in [5, 5.41) is 3.34. The first-order valence-electron chi connectivity index (χ1n) is 16.7. The molecule has 1 saturated heterocycles. The molecule has 0 radical (unpaired) electrons. The predicted molar refractivity (Wildman–Crippen MR) is 162 cm³/mol. The van der Waals surface area contributed by atoms with Crippen molar-refractivity contribution in [3.8, 4) is 0 Å². The maximum absolute atomic E-state index is 5.80. The largest absolute Gasteiger partial charge is 0.379 e. The van der Waals surface area contributed by atoms with E-state index in [9.17, 15) is 0 Å². The average Bonchev–Trinajstić information content (AvgIpc) is 2.98. The standard InChI is InChI=1S/C32H65NO7/c1-2-3-4-5-6-7-8-9-10-11-12-13-14-19-34-20-21-35-22-23-36-24-25-37-26-27-38-28-29-39-30-31-40-32-15-17-33-18-16-32/h32-33H,2-31H2,1H3. The van der Waals surface area contributed by atoms with Crippen molar-refractivity contribution in [3.05, 3.63) is 0 Å². The Morgan fingerprint density at radius 3 is 1.12 bits per heavy atom. The molecule has 0 saturated carbocycles. The molecule has 0 amide bonds. The van der Waals surface area contributed by atoms with Crippen LogP contribution in [0.25, 0.3) is 0 Å². The first-order chi connectivity index (χ1) is 19.9. The molecule has 1 rings (SSSR count). The van der Waals surface area contributed by atoms with E-state index in [1.54, 1.807) is 0 Å². The molecule has 0 bridgehead atoms. The van der Waals surface area contributed by atoms with E-state index in [-0.39, 0.29) is 0 Å². The van der Waals surface area contributed by atoms with Crippen molar-refractivity contribution in [1.29, 1.82) is 0 Å². The van der Waals surface area contributed by atoms with E-state index in [2.05, 4.69) is 12.2 Å². The van der Waals surface area contributed by atoms with E-state index in [1.165, 1.54) is 77.0 Å². The Hall–Kier alpha value is -0.320. The highest BCUT2D eigenvalue weighted by Crippen LogP contribution is 2.12. The Labute approximate surface area is 246 Å². The second-order valence-corrected chi connectivity index (χ2v) is 10.7. The lowest BCUT2D eigenvalue weighted by Gasteiger charge is -2.22. The summed E-state index contributed by atoms with van der Waals surface area (Å²) in [5.74, 6) is 0. The minimum Gasteiger partial charge on any atom is -0.379 e. The van der Waals surface area contributed by atoms with E-state index in [0.717, 1.165) is 39.0 Å². The van der Waals surface area contributed by atoms with Crippen molar-refractivity contribution in [2.45, 2.75) is 109 Å². The summed E-state index contributed by atoms with van der Waals surface area (Å²) < 4.78 is 39.1. The second-order valence-electron chi connectivity index (χ2n) is 10.7. The molecule has 1 fully saturated rings. The fourth-order valence-electron chi connectivity index (χ4n) is 4.66. The third-order valence-electron chi connectivity index (χ3n) is 7.12. The van der Waals surface area contributed by atoms with E-state index in [4.69, 9.17) is 33.2 Å². The Morgan fingerprint density at radius 1 is 0.400 bits per heavy atom. The minimum atomic E-state index is 0.387. The first-order valence-corrected chi connectivity index (χ1v) is 16.7. The van der Waals surface area contributed by atoms with Gasteiger partial charge in [0.1, 0.15) is 0 Å². The summed E-state index contributed by atoms with van der Waals surface area (Å²) in [6.07, 6.45) is 20.5. The van der Waals surface area contributed by atoms with Gasteiger partial charge in [-0.2, -0.15) is 0 Å². The number of hydrogen-bond donors (Lipinski definition) is 1. The van der Waals surface area contributed by atoms with Crippen molar-refractivity contribution in [3.63, 3.8) is 0 Å². The van der Waals surface area contributed by atoms with Crippen LogP contribution in [-0.2, 0) is 33.2 Å². The van der Waals surface area contributed by atoms with Gasteiger partial charge in [-0.15, -0.1) is 0 Å². The number of hydrogen-bond acceptors (Lipinski definition) is 8. The second kappa shape index (κ2) is 33.2. The lowest BCUT2D eigenvalue weighted by molar-refractivity contribution is -0.0306. The van der Waals surface area contributed by atoms with Crippen LogP contribution in [0.4, 0.5) is 0 Å². The van der Waals surface area contributed by atoms with Crippen molar-refractivity contribution >= 4 is 0 Å². The molecular weight excluding hydrogens is 510 g/mol. The Balaban J connectivity index is 1.60. The van der Waals surface area contributed by atoms with Crippen LogP contribution in [0, 0.1) is 0 Å². The molecule has 0 aromatic rings. The number of nitrogens with one attached hydrogen (secondary N) is 1. The highest BCUT2D eigenvalue weighted by molar-refractivity contribution is 4.67. The van der Waals surface area contributed by atoms with Crippen molar-refractivity contribution in [2.75, 3.05) is 99.0 Å². The first kappa shape index (κ1) is 37.7. The van der Waals surface area contributed by atoms with Gasteiger partial charge in [0.15, 0.2) is 0 Å². The molecule has 0 aromatic carbocycles. The van der Waals surface area contributed by atoms with Gasteiger partial charge < -0.3 is 38.5 Å². The molecule has 1 N–H and O–H groups in total. The number of ether oxygens (including phenoxy) is 7. The van der Waals surface area contributed by atoms with Crippen LogP contribution in [0.2, 0.25) is 0 Å². The highest BCUT2D eigenvalue weighted by Gasteiger charge is 2.12. The molecule has 40 heavy (non-hydrogen) atoms. The number of piperidine rings is 1. The summed E-state index contributed by atoms with van der Waals surface area (Å²) in [7, 11) is 0. The van der Waals surface area contributed by atoms with Gasteiger partial charge in [-0.1, -0.05) is 84.0 Å². The van der Waals surface area contributed by atoms with Crippen LogP contribution in [0.15, 0.2) is 0 Å². The van der Waals surface area contributed by atoms with Crippen molar-refractivity contribution < 1.29 is 33.2 Å². The quantitative estimate of drug-likeness (QED) is 0.0963. The van der Waals surface area contributed by atoms with Gasteiger partial charge in [0, 0.05) is 6.61 Å². The van der Waals surface area contributed by atoms with Gasteiger partial charge in [-0.3, -0.25) is 0 Å². The molecule has 0 aliphatic carbocycles. The van der Waals surface area contributed by atoms with Crippen LogP contribution >= 0.6 is 0 Å². The molecule has 240 valence electrons. The lowest BCUT2D eigenvalue weighted by atomic mass is 10.0. The maximum Gasteiger partial charge on any atom is 0.0704 e. The topological polar surface area (TPSA) is 76.6 Å². The molecule has 1 aliphatic heterocycles. The smallest absolute Gasteiger partial charge is 0.0704 e. The van der Waals surface area contributed by atoms with Crippen molar-refractivity contribution in [1.82, 2.24) is 5.32 Å². The minimum absolute atomic E-state index is 0.387. The van der Waals surface area contributed by atoms with Gasteiger partial charge in [0.05, 0.1) is 85.4 Å². The summed E-state index contributed by atoms with van der Waals surface area (Å²) in [6.45, 7) is 12.4. The summed E-state index contributed by atoms with van der Waals surface area (Å²) >= 11 is 0. The fourth-order valence-corrected chi connectivity index (χ4v) is 4.66. The van der Waals surface area contributed by atoms with Crippen LogP contribution in [0.1, 0.15) is 103 Å². The third kappa shape index (κ3) is 29.2. The Morgan fingerprint density at radius 2 is 0.725 bits per heavy atom. The van der Waals surface area contributed by atoms with E-state index in [1.807, 2.05) is 0 Å². The number of unbranched alkanes of at least 4 members (excludes halogenated alkanes) is 12. The van der Waals surface area contributed by atoms with Gasteiger partial charge in [0.2, 0.25) is 0 Å². The highest BCUT2D eigenvalue weighted by atomic mass is 16.6. The number of rotatable bonds is 33. The fraction of sp³-hybridized carbons (Fsp3) is 1.00.